The minimum absolute atomic E-state index is 0.212. The van der Waals surface area contributed by atoms with Gasteiger partial charge in [0, 0.05) is 11.6 Å². The lowest BCUT2D eigenvalue weighted by molar-refractivity contribution is 0.585. The standard InChI is InChI=1S/C10H12ClNO2S/c1-3-6-12-15(13,14)9-4-5-10(11)8(2)7-9/h3-5,7,12H,1,6H2,2H3. The molecule has 15 heavy (non-hydrogen) atoms. The molecule has 0 amide bonds. The Labute approximate surface area is 94.8 Å². The third-order valence-corrected chi connectivity index (χ3v) is 3.70. The molecule has 0 saturated heterocycles. The number of sulfonamides is 1. The first-order chi connectivity index (χ1) is 6.97. The van der Waals surface area contributed by atoms with E-state index in [4.69, 9.17) is 11.6 Å². The van der Waals surface area contributed by atoms with Gasteiger partial charge in [-0.3, -0.25) is 0 Å². The second kappa shape index (κ2) is 4.79. The van der Waals surface area contributed by atoms with Crippen LogP contribution in [0.1, 0.15) is 5.56 Å². The van der Waals surface area contributed by atoms with Crippen molar-refractivity contribution < 1.29 is 8.42 Å². The summed E-state index contributed by atoms with van der Waals surface area (Å²) in [5.74, 6) is 0. The second-order valence-corrected chi connectivity index (χ2v) is 5.23. The van der Waals surface area contributed by atoms with Crippen LogP contribution in [0.2, 0.25) is 5.02 Å². The highest BCUT2D eigenvalue weighted by atomic mass is 35.5. The van der Waals surface area contributed by atoms with Crippen molar-refractivity contribution in [1.82, 2.24) is 4.72 Å². The number of hydrogen-bond donors (Lipinski definition) is 1. The molecule has 0 radical (unpaired) electrons. The normalized spacial score (nSPS) is 11.3. The third kappa shape index (κ3) is 3.06. The summed E-state index contributed by atoms with van der Waals surface area (Å²) in [6, 6.07) is 4.58. The van der Waals surface area contributed by atoms with E-state index < -0.39 is 10.0 Å². The maximum absolute atomic E-state index is 11.7. The molecule has 0 atom stereocenters. The molecule has 3 nitrogen and oxygen atoms in total. The Morgan fingerprint density at radius 3 is 2.73 bits per heavy atom. The average Bonchev–Trinajstić information content (AvgIpc) is 2.19. The number of nitrogens with one attached hydrogen (secondary N) is 1. The van der Waals surface area contributed by atoms with Crippen LogP contribution in [0.3, 0.4) is 0 Å². The van der Waals surface area contributed by atoms with Gasteiger partial charge in [0.1, 0.15) is 0 Å². The molecule has 1 N–H and O–H groups in total. The average molecular weight is 246 g/mol. The fourth-order valence-electron chi connectivity index (χ4n) is 1.04. The summed E-state index contributed by atoms with van der Waals surface area (Å²) in [5.41, 5.74) is 0.734. The zero-order valence-electron chi connectivity index (χ0n) is 8.33. The third-order valence-electron chi connectivity index (χ3n) is 1.86. The Morgan fingerprint density at radius 2 is 2.20 bits per heavy atom. The minimum atomic E-state index is -3.44. The van der Waals surface area contributed by atoms with Crippen molar-refractivity contribution in [1.29, 1.82) is 0 Å². The second-order valence-electron chi connectivity index (χ2n) is 3.05. The maximum Gasteiger partial charge on any atom is 0.240 e. The maximum atomic E-state index is 11.7. The van der Waals surface area contributed by atoms with Crippen LogP contribution in [-0.4, -0.2) is 15.0 Å². The van der Waals surface area contributed by atoms with Crippen LogP contribution in [0.4, 0.5) is 0 Å². The number of halogens is 1. The number of rotatable bonds is 4. The largest absolute Gasteiger partial charge is 0.240 e. The Kier molecular flexibility index (Phi) is 3.90. The summed E-state index contributed by atoms with van der Waals surface area (Å²) in [5, 5.41) is 0.553. The number of hydrogen-bond acceptors (Lipinski definition) is 2. The Balaban J connectivity index is 3.05. The Bertz CT molecular complexity index is 468. The fourth-order valence-corrected chi connectivity index (χ4v) is 2.24. The lowest BCUT2D eigenvalue weighted by Gasteiger charge is -2.06. The van der Waals surface area contributed by atoms with E-state index in [1.807, 2.05) is 0 Å². The van der Waals surface area contributed by atoms with Gasteiger partial charge in [-0.15, -0.1) is 6.58 Å². The molecule has 0 spiro atoms. The molecular formula is C10H12ClNO2S. The summed E-state index contributed by atoms with van der Waals surface area (Å²) >= 11 is 5.80. The van der Waals surface area contributed by atoms with Crippen LogP contribution in [0.5, 0.6) is 0 Å². The number of aryl methyl sites for hydroxylation is 1. The van der Waals surface area contributed by atoms with E-state index in [0.29, 0.717) is 5.02 Å². The molecule has 1 aromatic carbocycles. The molecule has 0 bridgehead atoms. The zero-order chi connectivity index (χ0) is 11.5. The molecule has 82 valence electrons. The van der Waals surface area contributed by atoms with Gasteiger partial charge in [0.25, 0.3) is 0 Å². The van der Waals surface area contributed by atoms with Gasteiger partial charge in [0.15, 0.2) is 0 Å². The van der Waals surface area contributed by atoms with Crippen LogP contribution in [-0.2, 0) is 10.0 Å². The monoisotopic (exact) mass is 245 g/mol. The molecular weight excluding hydrogens is 234 g/mol. The molecule has 0 unspecified atom stereocenters. The molecule has 0 aliphatic rings. The highest BCUT2D eigenvalue weighted by molar-refractivity contribution is 7.89. The van der Waals surface area contributed by atoms with Gasteiger partial charge in [-0.25, -0.2) is 13.1 Å². The van der Waals surface area contributed by atoms with Crippen molar-refractivity contribution in [3.05, 3.63) is 41.4 Å². The SMILES string of the molecule is C=CCNS(=O)(=O)c1ccc(Cl)c(C)c1. The van der Waals surface area contributed by atoms with Crippen molar-refractivity contribution in [2.75, 3.05) is 6.54 Å². The summed E-state index contributed by atoms with van der Waals surface area (Å²) in [4.78, 5) is 0.214. The zero-order valence-corrected chi connectivity index (χ0v) is 9.90. The molecule has 1 rings (SSSR count). The van der Waals surface area contributed by atoms with E-state index in [1.54, 1.807) is 13.0 Å². The van der Waals surface area contributed by atoms with E-state index in [9.17, 15) is 8.42 Å². The van der Waals surface area contributed by atoms with Crippen molar-refractivity contribution in [3.8, 4) is 0 Å². The van der Waals surface area contributed by atoms with E-state index in [0.717, 1.165) is 5.56 Å². The summed E-state index contributed by atoms with van der Waals surface area (Å²) < 4.78 is 25.7. The molecule has 0 aromatic heterocycles. The van der Waals surface area contributed by atoms with E-state index in [-0.39, 0.29) is 11.4 Å². The fraction of sp³-hybridized carbons (Fsp3) is 0.200. The van der Waals surface area contributed by atoms with Crippen LogP contribution in [0, 0.1) is 6.92 Å². The van der Waals surface area contributed by atoms with Crippen LogP contribution < -0.4 is 4.72 Å². The van der Waals surface area contributed by atoms with E-state index >= 15 is 0 Å². The van der Waals surface area contributed by atoms with Crippen molar-refractivity contribution in [3.63, 3.8) is 0 Å². The minimum Gasteiger partial charge on any atom is -0.207 e. The van der Waals surface area contributed by atoms with Crippen molar-refractivity contribution >= 4 is 21.6 Å². The van der Waals surface area contributed by atoms with Gasteiger partial charge in [0.05, 0.1) is 4.90 Å². The van der Waals surface area contributed by atoms with Gasteiger partial charge in [-0.2, -0.15) is 0 Å². The lowest BCUT2D eigenvalue weighted by atomic mass is 10.2. The van der Waals surface area contributed by atoms with Gasteiger partial charge in [-0.1, -0.05) is 17.7 Å². The van der Waals surface area contributed by atoms with E-state index in [1.165, 1.54) is 18.2 Å². The predicted molar refractivity (Wildman–Crippen MR) is 61.6 cm³/mol. The molecule has 0 aliphatic heterocycles. The Hall–Kier alpha value is -0.840. The first-order valence-electron chi connectivity index (χ1n) is 4.34. The topological polar surface area (TPSA) is 46.2 Å². The molecule has 5 heteroatoms. The summed E-state index contributed by atoms with van der Waals surface area (Å²) in [7, 11) is -3.44. The van der Waals surface area contributed by atoms with Crippen molar-refractivity contribution in [2.24, 2.45) is 0 Å². The van der Waals surface area contributed by atoms with Gasteiger partial charge < -0.3 is 0 Å². The lowest BCUT2D eigenvalue weighted by Crippen LogP contribution is -2.23. The predicted octanol–water partition coefficient (Wildman–Crippen LogP) is 2.11. The van der Waals surface area contributed by atoms with Crippen LogP contribution in [0.15, 0.2) is 35.7 Å². The first-order valence-corrected chi connectivity index (χ1v) is 6.20. The van der Waals surface area contributed by atoms with E-state index in [2.05, 4.69) is 11.3 Å². The summed E-state index contributed by atoms with van der Waals surface area (Å²) in [6.45, 7) is 5.41. The highest BCUT2D eigenvalue weighted by Crippen LogP contribution is 2.19. The molecule has 0 fully saturated rings. The first kappa shape index (κ1) is 12.2. The molecule has 0 heterocycles. The van der Waals surface area contributed by atoms with Gasteiger partial charge >= 0.3 is 0 Å². The van der Waals surface area contributed by atoms with Gasteiger partial charge in [-0.05, 0) is 30.7 Å². The number of benzene rings is 1. The quantitative estimate of drug-likeness (QED) is 0.826. The molecule has 1 aromatic rings. The van der Waals surface area contributed by atoms with Crippen LogP contribution in [0.25, 0.3) is 0 Å². The van der Waals surface area contributed by atoms with Gasteiger partial charge in [0.2, 0.25) is 10.0 Å². The molecule has 0 saturated carbocycles. The highest BCUT2D eigenvalue weighted by Gasteiger charge is 2.13. The van der Waals surface area contributed by atoms with Crippen LogP contribution >= 0.6 is 11.6 Å². The smallest absolute Gasteiger partial charge is 0.207 e. The Morgan fingerprint density at radius 1 is 1.53 bits per heavy atom. The van der Waals surface area contributed by atoms with Crippen molar-refractivity contribution in [2.45, 2.75) is 11.8 Å². The summed E-state index contributed by atoms with van der Waals surface area (Å²) in [6.07, 6.45) is 1.49. The molecule has 0 aliphatic carbocycles.